The van der Waals surface area contributed by atoms with Crippen LogP contribution in [0.25, 0.3) is 6.08 Å². The van der Waals surface area contributed by atoms with Crippen LogP contribution >= 0.6 is 0 Å². The number of allylic oxidation sites excluding steroid dienone is 1. The first-order valence-electron chi connectivity index (χ1n) is 4.36. The minimum absolute atomic E-state index is 0.119. The summed E-state index contributed by atoms with van der Waals surface area (Å²) in [5.41, 5.74) is 3.01. The van der Waals surface area contributed by atoms with Crippen LogP contribution < -0.4 is 0 Å². The summed E-state index contributed by atoms with van der Waals surface area (Å²) in [6.45, 7) is 5.64. The molecule has 0 bridgehead atoms. The molecule has 0 spiro atoms. The Morgan fingerprint density at radius 1 is 1.15 bits per heavy atom. The highest BCUT2D eigenvalue weighted by atomic mass is 16.1. The minimum Gasteiger partial charge on any atom is -0.294 e. The maximum Gasteiger partial charge on any atom is 0.160 e. The molecule has 1 aromatic carbocycles. The molecule has 0 amide bonds. The van der Waals surface area contributed by atoms with E-state index in [0.29, 0.717) is 0 Å². The minimum atomic E-state index is 0.119. The third kappa shape index (κ3) is 2.55. The summed E-state index contributed by atoms with van der Waals surface area (Å²) in [4.78, 5) is 11.2. The normalized spacial score (nSPS) is 9.46. The van der Waals surface area contributed by atoms with Gasteiger partial charge in [-0.1, -0.05) is 35.9 Å². The van der Waals surface area contributed by atoms with Gasteiger partial charge in [0.25, 0.3) is 0 Å². The highest BCUT2D eigenvalue weighted by Crippen LogP contribution is 2.13. The standard InChI is InChI=1S/C12H14O/c1-9(2)8-11-6-4-5-7-12(11)10(3)13/h4-8H,1-3H3. The number of carbonyl (C=O) groups excluding carboxylic acids is 1. The first-order valence-corrected chi connectivity index (χ1v) is 4.36. The number of rotatable bonds is 2. The second-order valence-corrected chi connectivity index (χ2v) is 3.37. The van der Waals surface area contributed by atoms with Gasteiger partial charge in [0.05, 0.1) is 0 Å². The van der Waals surface area contributed by atoms with Gasteiger partial charge < -0.3 is 0 Å². The fraction of sp³-hybridized carbons (Fsp3) is 0.250. The monoisotopic (exact) mass is 174 g/mol. The third-order valence-corrected chi connectivity index (χ3v) is 1.78. The second-order valence-electron chi connectivity index (χ2n) is 3.37. The molecule has 1 aromatic rings. The summed E-state index contributed by atoms with van der Waals surface area (Å²) >= 11 is 0. The first-order chi connectivity index (χ1) is 6.11. The second kappa shape index (κ2) is 4.04. The van der Waals surface area contributed by atoms with Crippen molar-refractivity contribution in [2.45, 2.75) is 20.8 Å². The van der Waals surface area contributed by atoms with Crippen molar-refractivity contribution < 1.29 is 4.79 Å². The zero-order valence-electron chi connectivity index (χ0n) is 8.29. The average molecular weight is 174 g/mol. The largest absolute Gasteiger partial charge is 0.294 e. The Hall–Kier alpha value is -1.37. The number of Topliss-reactive ketones (excluding diaryl/α,β-unsaturated/α-hetero) is 1. The van der Waals surface area contributed by atoms with Crippen LogP contribution in [0.5, 0.6) is 0 Å². The SMILES string of the molecule is CC(=O)c1ccccc1C=C(C)C. The van der Waals surface area contributed by atoms with Gasteiger partial charge in [0.15, 0.2) is 5.78 Å². The van der Waals surface area contributed by atoms with Crippen LogP contribution in [0.15, 0.2) is 29.8 Å². The van der Waals surface area contributed by atoms with Gasteiger partial charge >= 0.3 is 0 Å². The van der Waals surface area contributed by atoms with E-state index >= 15 is 0 Å². The Bertz CT molecular complexity index is 344. The van der Waals surface area contributed by atoms with Crippen LogP contribution in [0, 0.1) is 0 Å². The van der Waals surface area contributed by atoms with E-state index in [2.05, 4.69) is 0 Å². The fourth-order valence-electron chi connectivity index (χ4n) is 1.25. The van der Waals surface area contributed by atoms with E-state index in [-0.39, 0.29) is 5.78 Å². The van der Waals surface area contributed by atoms with E-state index in [1.54, 1.807) is 6.92 Å². The molecular weight excluding hydrogens is 160 g/mol. The zero-order chi connectivity index (χ0) is 9.84. The van der Waals surface area contributed by atoms with E-state index in [4.69, 9.17) is 0 Å². The fourth-order valence-corrected chi connectivity index (χ4v) is 1.25. The van der Waals surface area contributed by atoms with Crippen molar-refractivity contribution in [1.82, 2.24) is 0 Å². The molecule has 0 unspecified atom stereocenters. The van der Waals surface area contributed by atoms with E-state index in [0.717, 1.165) is 11.1 Å². The number of benzene rings is 1. The molecule has 0 aliphatic heterocycles. The van der Waals surface area contributed by atoms with Crippen molar-refractivity contribution in [3.63, 3.8) is 0 Å². The van der Waals surface area contributed by atoms with Gasteiger partial charge in [-0.05, 0) is 26.3 Å². The number of ketones is 1. The van der Waals surface area contributed by atoms with E-state index in [9.17, 15) is 4.79 Å². The van der Waals surface area contributed by atoms with Crippen molar-refractivity contribution in [1.29, 1.82) is 0 Å². The first kappa shape index (κ1) is 9.72. The van der Waals surface area contributed by atoms with Gasteiger partial charge in [-0.2, -0.15) is 0 Å². The molecule has 0 saturated carbocycles. The molecule has 1 heteroatoms. The lowest BCUT2D eigenvalue weighted by molar-refractivity contribution is 0.101. The van der Waals surface area contributed by atoms with E-state index in [1.165, 1.54) is 5.57 Å². The smallest absolute Gasteiger partial charge is 0.160 e. The van der Waals surface area contributed by atoms with Crippen LogP contribution in [-0.4, -0.2) is 5.78 Å². The molecule has 0 aliphatic carbocycles. The summed E-state index contributed by atoms with van der Waals surface area (Å²) in [5, 5.41) is 0. The predicted molar refractivity (Wildman–Crippen MR) is 55.8 cm³/mol. The molecule has 13 heavy (non-hydrogen) atoms. The Labute approximate surface area is 79.1 Å². The van der Waals surface area contributed by atoms with Crippen molar-refractivity contribution >= 4 is 11.9 Å². The van der Waals surface area contributed by atoms with Gasteiger partial charge in [-0.25, -0.2) is 0 Å². The molecular formula is C12H14O. The van der Waals surface area contributed by atoms with Gasteiger partial charge in [-0.15, -0.1) is 0 Å². The molecule has 0 radical (unpaired) electrons. The lowest BCUT2D eigenvalue weighted by atomic mass is 10.0. The summed E-state index contributed by atoms with van der Waals surface area (Å²) in [7, 11) is 0. The Morgan fingerprint density at radius 2 is 1.77 bits per heavy atom. The topological polar surface area (TPSA) is 17.1 Å². The van der Waals surface area contributed by atoms with Crippen LogP contribution in [0.3, 0.4) is 0 Å². The predicted octanol–water partition coefficient (Wildman–Crippen LogP) is 3.31. The molecule has 0 aromatic heterocycles. The Kier molecular flexibility index (Phi) is 3.02. The third-order valence-electron chi connectivity index (χ3n) is 1.78. The van der Waals surface area contributed by atoms with Gasteiger partial charge in [0.1, 0.15) is 0 Å². The molecule has 1 nitrogen and oxygen atoms in total. The molecule has 0 atom stereocenters. The molecule has 68 valence electrons. The van der Waals surface area contributed by atoms with Crippen LogP contribution in [-0.2, 0) is 0 Å². The molecule has 0 fully saturated rings. The maximum absolute atomic E-state index is 11.2. The van der Waals surface area contributed by atoms with E-state index < -0.39 is 0 Å². The molecule has 0 saturated heterocycles. The van der Waals surface area contributed by atoms with Crippen LogP contribution in [0.4, 0.5) is 0 Å². The van der Waals surface area contributed by atoms with Gasteiger partial charge in [-0.3, -0.25) is 4.79 Å². The number of hydrogen-bond acceptors (Lipinski definition) is 1. The van der Waals surface area contributed by atoms with Crippen LogP contribution in [0.1, 0.15) is 36.7 Å². The van der Waals surface area contributed by atoms with E-state index in [1.807, 2.05) is 44.2 Å². The molecule has 0 aliphatic rings. The van der Waals surface area contributed by atoms with Crippen molar-refractivity contribution in [3.8, 4) is 0 Å². The van der Waals surface area contributed by atoms with Gasteiger partial charge in [0, 0.05) is 5.56 Å². The quantitative estimate of drug-likeness (QED) is 0.628. The molecule has 0 N–H and O–H groups in total. The zero-order valence-corrected chi connectivity index (χ0v) is 8.29. The average Bonchev–Trinajstić information content (AvgIpc) is 2.03. The Balaban J connectivity index is 3.20. The maximum atomic E-state index is 11.2. The van der Waals surface area contributed by atoms with Crippen LogP contribution in [0.2, 0.25) is 0 Å². The number of hydrogen-bond donors (Lipinski definition) is 0. The van der Waals surface area contributed by atoms with Gasteiger partial charge in [0.2, 0.25) is 0 Å². The Morgan fingerprint density at radius 3 is 2.31 bits per heavy atom. The lowest BCUT2D eigenvalue weighted by Gasteiger charge is -2.01. The highest BCUT2D eigenvalue weighted by molar-refractivity contribution is 5.97. The van der Waals surface area contributed by atoms with Crippen molar-refractivity contribution in [2.75, 3.05) is 0 Å². The van der Waals surface area contributed by atoms with Crippen molar-refractivity contribution in [2.24, 2.45) is 0 Å². The number of carbonyl (C=O) groups is 1. The summed E-state index contributed by atoms with van der Waals surface area (Å²) in [6.07, 6.45) is 2.02. The van der Waals surface area contributed by atoms with Crippen molar-refractivity contribution in [3.05, 3.63) is 41.0 Å². The molecule has 1 rings (SSSR count). The summed E-state index contributed by atoms with van der Waals surface area (Å²) in [6, 6.07) is 7.65. The summed E-state index contributed by atoms with van der Waals surface area (Å²) < 4.78 is 0. The lowest BCUT2D eigenvalue weighted by Crippen LogP contribution is -1.94. The molecule has 0 heterocycles. The highest BCUT2D eigenvalue weighted by Gasteiger charge is 2.02. The summed E-state index contributed by atoms with van der Waals surface area (Å²) in [5.74, 6) is 0.119.